The van der Waals surface area contributed by atoms with Gasteiger partial charge in [-0.2, -0.15) is 4.98 Å². The highest BCUT2D eigenvalue weighted by molar-refractivity contribution is 5.82. The van der Waals surface area contributed by atoms with Crippen LogP contribution in [0.4, 0.5) is 10.8 Å². The second kappa shape index (κ2) is 6.04. The average Bonchev–Trinajstić information content (AvgIpc) is 2.70. The molecule has 0 fully saturated rings. The number of nitrogens with one attached hydrogen (secondary N) is 2. The largest absolute Gasteiger partial charge is 0.479 e. The van der Waals surface area contributed by atoms with Gasteiger partial charge in [-0.25, -0.2) is 14.9 Å². The Kier molecular flexibility index (Phi) is 4.68. The van der Waals surface area contributed by atoms with Crippen LogP contribution in [0.3, 0.4) is 0 Å². The van der Waals surface area contributed by atoms with Crippen LogP contribution in [0.5, 0.6) is 0 Å². The van der Waals surface area contributed by atoms with Crippen LogP contribution in [0.1, 0.15) is 32.5 Å². The lowest BCUT2D eigenvalue weighted by Crippen LogP contribution is -2.28. The molecule has 1 unspecified atom stereocenters. The van der Waals surface area contributed by atoms with Crippen LogP contribution in [0.25, 0.3) is 0 Å². The van der Waals surface area contributed by atoms with Crippen molar-refractivity contribution in [3.8, 4) is 0 Å². The van der Waals surface area contributed by atoms with Gasteiger partial charge < -0.3 is 19.6 Å². The van der Waals surface area contributed by atoms with E-state index in [1.807, 2.05) is 0 Å². The zero-order valence-corrected chi connectivity index (χ0v) is 11.2. The number of rotatable bonds is 5. The van der Waals surface area contributed by atoms with Crippen LogP contribution in [0.15, 0.2) is 10.7 Å². The second-order valence-electron chi connectivity index (χ2n) is 4.76. The van der Waals surface area contributed by atoms with Crippen LogP contribution >= 0.6 is 0 Å². The fourth-order valence-electron chi connectivity index (χ4n) is 1.22. The summed E-state index contributed by atoms with van der Waals surface area (Å²) >= 11 is 0. The Morgan fingerprint density at radius 2 is 2.15 bits per heavy atom. The van der Waals surface area contributed by atoms with Crippen molar-refractivity contribution in [2.75, 3.05) is 5.32 Å². The monoisotopic (exact) mass is 285 g/mol. The molecule has 0 aromatic carbocycles. The Morgan fingerprint density at radius 3 is 2.65 bits per heavy atom. The van der Waals surface area contributed by atoms with Crippen molar-refractivity contribution in [2.24, 2.45) is 0 Å². The first kappa shape index (κ1) is 15.5. The highest BCUT2D eigenvalue weighted by atomic mass is 16.6. The van der Waals surface area contributed by atoms with Crippen LogP contribution in [-0.2, 0) is 14.3 Å². The van der Waals surface area contributed by atoms with Gasteiger partial charge in [0.15, 0.2) is 6.04 Å². The first-order valence-corrected chi connectivity index (χ1v) is 5.61. The zero-order valence-electron chi connectivity index (χ0n) is 11.2. The predicted molar refractivity (Wildman–Crippen MR) is 65.9 cm³/mol. The van der Waals surface area contributed by atoms with Crippen LogP contribution in [0.2, 0.25) is 0 Å². The number of amides is 2. The molecule has 20 heavy (non-hydrogen) atoms. The van der Waals surface area contributed by atoms with Crippen LogP contribution in [-0.4, -0.2) is 34.2 Å². The number of carboxylic acids is 1. The van der Waals surface area contributed by atoms with E-state index in [1.165, 1.54) is 0 Å². The smallest absolute Gasteiger partial charge is 0.415 e. The number of ether oxygens (including phenoxy) is 1. The molecule has 2 amide bonds. The van der Waals surface area contributed by atoms with Gasteiger partial charge >= 0.3 is 18.1 Å². The van der Waals surface area contributed by atoms with Crippen molar-refractivity contribution in [2.45, 2.75) is 32.4 Å². The van der Waals surface area contributed by atoms with Crippen LogP contribution < -0.4 is 10.6 Å². The Bertz CT molecular complexity index is 505. The Balaban J connectivity index is 2.74. The van der Waals surface area contributed by atoms with E-state index in [4.69, 9.17) is 14.3 Å². The van der Waals surface area contributed by atoms with E-state index in [1.54, 1.807) is 20.8 Å². The number of carbonyl (C=O) groups is 3. The fourth-order valence-corrected chi connectivity index (χ4v) is 1.22. The van der Waals surface area contributed by atoms with Gasteiger partial charge in [-0.1, -0.05) is 0 Å². The number of aliphatic carboxylic acids is 1. The van der Waals surface area contributed by atoms with Gasteiger partial charge in [0.1, 0.15) is 17.6 Å². The first-order valence-electron chi connectivity index (χ1n) is 5.61. The standard InChI is InChI=1S/C11H15N3O6/c1-11(2,3)20-10(18)14-9-13-6(4-19-9)7(8(16)17)12-5-15/h4-5,7H,1-3H3,(H,12,15)(H,16,17)(H,13,14,18). The molecular formula is C11H15N3O6. The number of aromatic nitrogens is 1. The average molecular weight is 285 g/mol. The predicted octanol–water partition coefficient (Wildman–Crippen LogP) is 0.893. The number of anilines is 1. The Labute approximate surface area is 114 Å². The van der Waals surface area contributed by atoms with Gasteiger partial charge in [0.2, 0.25) is 6.41 Å². The summed E-state index contributed by atoms with van der Waals surface area (Å²) in [6, 6.07) is -1.58. The van der Waals surface area contributed by atoms with Gasteiger partial charge in [-0.3, -0.25) is 4.79 Å². The Hall–Kier alpha value is -2.58. The van der Waals surface area contributed by atoms with E-state index >= 15 is 0 Å². The summed E-state index contributed by atoms with van der Waals surface area (Å²) in [7, 11) is 0. The lowest BCUT2D eigenvalue weighted by atomic mass is 10.2. The third kappa shape index (κ3) is 4.59. The third-order valence-electron chi connectivity index (χ3n) is 1.91. The normalized spacial score (nSPS) is 12.3. The topological polar surface area (TPSA) is 131 Å². The minimum Gasteiger partial charge on any atom is -0.479 e. The maximum absolute atomic E-state index is 11.4. The highest BCUT2D eigenvalue weighted by Gasteiger charge is 2.24. The summed E-state index contributed by atoms with van der Waals surface area (Å²) in [6.07, 6.45) is 0.456. The summed E-state index contributed by atoms with van der Waals surface area (Å²) in [5.74, 6) is -1.31. The van der Waals surface area contributed by atoms with Gasteiger partial charge in [0, 0.05) is 0 Å². The lowest BCUT2D eigenvalue weighted by molar-refractivity contribution is -0.140. The number of hydrogen-bond donors (Lipinski definition) is 3. The quantitative estimate of drug-likeness (QED) is 0.684. The molecule has 1 aromatic heterocycles. The molecule has 1 aromatic rings. The molecule has 0 aliphatic heterocycles. The first-order chi connectivity index (χ1) is 9.23. The maximum Gasteiger partial charge on any atom is 0.415 e. The third-order valence-corrected chi connectivity index (χ3v) is 1.91. The summed E-state index contributed by atoms with van der Waals surface area (Å²) in [5, 5.41) is 13.2. The number of carbonyl (C=O) groups excluding carboxylic acids is 2. The molecule has 1 heterocycles. The summed E-state index contributed by atoms with van der Waals surface area (Å²) in [6.45, 7) is 5.05. The fraction of sp³-hybridized carbons (Fsp3) is 0.455. The van der Waals surface area contributed by atoms with Gasteiger partial charge in [-0.05, 0) is 20.8 Å². The number of hydrogen-bond acceptors (Lipinski definition) is 6. The van der Waals surface area contributed by atoms with Gasteiger partial charge in [0.05, 0.1) is 0 Å². The summed E-state index contributed by atoms with van der Waals surface area (Å²) in [4.78, 5) is 36.4. The number of carboxylic acid groups (broad SMARTS) is 1. The molecule has 0 aliphatic carbocycles. The van der Waals surface area contributed by atoms with Crippen molar-refractivity contribution in [3.63, 3.8) is 0 Å². The second-order valence-corrected chi connectivity index (χ2v) is 4.76. The molecule has 110 valence electrons. The van der Waals surface area contributed by atoms with Gasteiger partial charge in [0.25, 0.3) is 0 Å². The molecule has 0 bridgehead atoms. The van der Waals surface area contributed by atoms with Gasteiger partial charge in [-0.15, -0.1) is 0 Å². The minimum atomic E-state index is -1.36. The maximum atomic E-state index is 11.4. The molecule has 0 saturated heterocycles. The molecular weight excluding hydrogens is 270 g/mol. The molecule has 3 N–H and O–H groups in total. The number of nitrogens with zero attached hydrogens (tertiary/aromatic N) is 1. The van der Waals surface area contributed by atoms with Crippen molar-refractivity contribution in [3.05, 3.63) is 12.0 Å². The van der Waals surface area contributed by atoms with E-state index in [2.05, 4.69) is 15.6 Å². The Morgan fingerprint density at radius 1 is 1.50 bits per heavy atom. The van der Waals surface area contributed by atoms with E-state index in [0.29, 0.717) is 0 Å². The summed E-state index contributed by atoms with van der Waals surface area (Å²) < 4.78 is 9.85. The van der Waals surface area contributed by atoms with Crippen molar-refractivity contribution in [1.29, 1.82) is 0 Å². The SMILES string of the molecule is CC(C)(C)OC(=O)Nc1nc(C(NC=O)C(=O)O)co1. The molecule has 0 spiro atoms. The molecule has 1 atom stereocenters. The van der Waals surface area contributed by atoms with Crippen molar-refractivity contribution >= 4 is 24.5 Å². The molecule has 0 saturated carbocycles. The van der Waals surface area contributed by atoms with E-state index in [9.17, 15) is 14.4 Å². The van der Waals surface area contributed by atoms with E-state index in [-0.39, 0.29) is 18.1 Å². The minimum absolute atomic E-state index is 0.0596. The molecule has 9 heteroatoms. The molecule has 9 nitrogen and oxygen atoms in total. The van der Waals surface area contributed by atoms with Crippen LogP contribution in [0, 0.1) is 0 Å². The summed E-state index contributed by atoms with van der Waals surface area (Å²) in [5.41, 5.74) is -0.752. The van der Waals surface area contributed by atoms with Crippen molar-refractivity contribution < 1.29 is 28.6 Å². The number of oxazole rings is 1. The molecule has 0 radical (unpaired) electrons. The van der Waals surface area contributed by atoms with E-state index < -0.39 is 23.7 Å². The lowest BCUT2D eigenvalue weighted by Gasteiger charge is -2.18. The molecule has 1 rings (SSSR count). The highest BCUT2D eigenvalue weighted by Crippen LogP contribution is 2.16. The van der Waals surface area contributed by atoms with E-state index in [0.717, 1.165) is 6.26 Å². The van der Waals surface area contributed by atoms with Crippen molar-refractivity contribution in [1.82, 2.24) is 10.3 Å². The molecule has 0 aliphatic rings. The zero-order chi connectivity index (χ0) is 15.3.